The third-order valence-corrected chi connectivity index (χ3v) is 7.81. The number of aromatic nitrogens is 1. The van der Waals surface area contributed by atoms with Gasteiger partial charge < -0.3 is 4.90 Å². The quantitative estimate of drug-likeness (QED) is 0.597. The minimum atomic E-state index is -0.00939. The van der Waals surface area contributed by atoms with Crippen molar-refractivity contribution in [2.45, 2.75) is 57.3 Å². The first-order chi connectivity index (χ1) is 13.9. The van der Waals surface area contributed by atoms with Crippen LogP contribution in [-0.2, 0) is 10.8 Å². The van der Waals surface area contributed by atoms with Crippen molar-refractivity contribution in [1.29, 1.82) is 0 Å². The average Bonchev–Trinajstić information content (AvgIpc) is 3.07. The van der Waals surface area contributed by atoms with Gasteiger partial charge in [0.05, 0.1) is 5.41 Å². The van der Waals surface area contributed by atoms with E-state index in [9.17, 15) is 0 Å². The molecule has 2 aliphatic heterocycles. The van der Waals surface area contributed by atoms with Crippen molar-refractivity contribution in [3.05, 3.63) is 65.5 Å². The molecule has 150 valence electrons. The molecule has 0 N–H and O–H groups in total. The second kappa shape index (κ2) is 6.29. The first kappa shape index (κ1) is 18.6. The van der Waals surface area contributed by atoms with Crippen LogP contribution in [0.4, 0.5) is 11.5 Å². The fourth-order valence-electron chi connectivity index (χ4n) is 6.01. The van der Waals surface area contributed by atoms with Crippen LogP contribution in [0.15, 0.2) is 54.4 Å². The Morgan fingerprint density at radius 2 is 1.76 bits per heavy atom. The highest BCUT2D eigenvalue weighted by atomic mass is 15.2. The molecule has 2 aromatic rings. The predicted octanol–water partition coefficient (Wildman–Crippen LogP) is 5.57. The molecule has 1 aliphatic carbocycles. The highest BCUT2D eigenvalue weighted by Gasteiger charge is 2.50. The average molecular weight is 387 g/mol. The summed E-state index contributed by atoms with van der Waals surface area (Å²) in [4.78, 5) is 7.16. The van der Waals surface area contributed by atoms with E-state index in [2.05, 4.69) is 86.8 Å². The highest BCUT2D eigenvalue weighted by Crippen LogP contribution is 2.55. The molecule has 5 rings (SSSR count). The number of allylic oxidation sites excluding steroid dienone is 2. The summed E-state index contributed by atoms with van der Waals surface area (Å²) < 4.78 is 2.39. The van der Waals surface area contributed by atoms with E-state index in [4.69, 9.17) is 4.98 Å². The molecule has 1 aromatic carbocycles. The summed E-state index contributed by atoms with van der Waals surface area (Å²) in [5.41, 5.74) is 7.07. The molecule has 1 saturated carbocycles. The van der Waals surface area contributed by atoms with Crippen LogP contribution in [-0.4, -0.2) is 29.4 Å². The molecule has 3 heterocycles. The van der Waals surface area contributed by atoms with E-state index in [1.165, 1.54) is 53.9 Å². The van der Waals surface area contributed by atoms with Crippen LogP contribution in [0.25, 0.3) is 0 Å². The number of nitrogens with zero attached hydrogens (tertiary/aromatic N) is 3. The molecule has 3 heteroatoms. The highest BCUT2D eigenvalue weighted by molar-refractivity contribution is 6.04. The van der Waals surface area contributed by atoms with Gasteiger partial charge in [0.2, 0.25) is 5.69 Å². The van der Waals surface area contributed by atoms with Crippen molar-refractivity contribution >= 4 is 17.2 Å². The van der Waals surface area contributed by atoms with Crippen molar-refractivity contribution in [3.63, 3.8) is 0 Å². The van der Waals surface area contributed by atoms with Gasteiger partial charge in [-0.15, -0.1) is 0 Å². The zero-order valence-corrected chi connectivity index (χ0v) is 18.4. The minimum Gasteiger partial charge on any atom is -0.332 e. The Labute approximate surface area is 174 Å². The van der Waals surface area contributed by atoms with Gasteiger partial charge in [0, 0.05) is 47.6 Å². The first-order valence-electron chi connectivity index (χ1n) is 11.0. The lowest BCUT2D eigenvalue weighted by Crippen LogP contribution is -2.36. The second-order valence-corrected chi connectivity index (χ2v) is 9.81. The Balaban J connectivity index is 1.69. The number of para-hydroxylation sites is 1. The number of rotatable bonds is 1. The van der Waals surface area contributed by atoms with Crippen LogP contribution in [0.1, 0.15) is 57.6 Å². The Hall–Kier alpha value is -2.42. The summed E-state index contributed by atoms with van der Waals surface area (Å²) in [5.74, 6) is 1.96. The summed E-state index contributed by atoms with van der Waals surface area (Å²) in [6.45, 7) is 7.12. The third kappa shape index (κ3) is 2.49. The summed E-state index contributed by atoms with van der Waals surface area (Å²) in [6, 6.07) is 13.3. The number of pyridine rings is 1. The van der Waals surface area contributed by atoms with Crippen LogP contribution >= 0.6 is 0 Å². The summed E-state index contributed by atoms with van der Waals surface area (Å²) in [6.07, 6.45) is 9.44. The third-order valence-electron chi connectivity index (χ3n) is 7.81. The summed E-state index contributed by atoms with van der Waals surface area (Å²) in [5, 5.41) is 0. The lowest BCUT2D eigenvalue weighted by Gasteiger charge is -2.38. The molecule has 1 spiro atoms. The number of likely N-dealkylation sites (N-methyl/N-ethyl adjacent to an activating group) is 1. The molecule has 0 bridgehead atoms. The topological polar surface area (TPSA) is 19.1 Å². The molecule has 1 fully saturated rings. The second-order valence-electron chi connectivity index (χ2n) is 9.81. The van der Waals surface area contributed by atoms with Crippen LogP contribution in [0.5, 0.6) is 0 Å². The van der Waals surface area contributed by atoms with Crippen molar-refractivity contribution in [1.82, 2.24) is 4.98 Å². The minimum absolute atomic E-state index is 0.00939. The van der Waals surface area contributed by atoms with E-state index < -0.39 is 0 Å². The van der Waals surface area contributed by atoms with Crippen LogP contribution in [0.3, 0.4) is 0 Å². The van der Waals surface area contributed by atoms with Gasteiger partial charge >= 0.3 is 0 Å². The molecule has 0 atom stereocenters. The normalized spacial score (nSPS) is 28.9. The zero-order chi connectivity index (χ0) is 20.4. The molecular formula is C26H32N3+. The Morgan fingerprint density at radius 3 is 2.48 bits per heavy atom. The van der Waals surface area contributed by atoms with Crippen LogP contribution < -0.4 is 4.90 Å². The van der Waals surface area contributed by atoms with E-state index in [0.29, 0.717) is 0 Å². The van der Waals surface area contributed by atoms with Gasteiger partial charge in [0.1, 0.15) is 12.9 Å². The molecule has 3 nitrogen and oxygen atoms in total. The predicted molar refractivity (Wildman–Crippen MR) is 120 cm³/mol. The number of benzene rings is 1. The van der Waals surface area contributed by atoms with Crippen molar-refractivity contribution < 1.29 is 4.58 Å². The maximum Gasteiger partial charge on any atom is 0.209 e. The molecule has 0 radical (unpaired) electrons. The smallest absolute Gasteiger partial charge is 0.209 e. The van der Waals surface area contributed by atoms with E-state index >= 15 is 0 Å². The zero-order valence-electron chi connectivity index (χ0n) is 18.4. The van der Waals surface area contributed by atoms with Gasteiger partial charge in [-0.25, -0.2) is 4.98 Å². The van der Waals surface area contributed by atoms with Gasteiger partial charge in [-0.1, -0.05) is 31.2 Å². The van der Waals surface area contributed by atoms with Gasteiger partial charge in [0.25, 0.3) is 0 Å². The fourth-order valence-corrected chi connectivity index (χ4v) is 6.01. The number of fused-ring (bicyclic) bond motifs is 3. The molecular weight excluding hydrogens is 354 g/mol. The van der Waals surface area contributed by atoms with Crippen molar-refractivity contribution in [3.8, 4) is 0 Å². The molecule has 0 unspecified atom stereocenters. The molecule has 29 heavy (non-hydrogen) atoms. The Kier molecular flexibility index (Phi) is 4.03. The Bertz CT molecular complexity index is 1040. The van der Waals surface area contributed by atoms with Crippen LogP contribution in [0.2, 0.25) is 0 Å². The van der Waals surface area contributed by atoms with Gasteiger partial charge in [0.15, 0.2) is 5.71 Å². The lowest BCUT2D eigenvalue weighted by atomic mass is 9.66. The summed E-state index contributed by atoms with van der Waals surface area (Å²) in [7, 11) is 4.43. The number of anilines is 1. The molecule has 3 aliphatic rings. The lowest BCUT2D eigenvalue weighted by molar-refractivity contribution is -0.401. The van der Waals surface area contributed by atoms with E-state index in [0.717, 1.165) is 11.7 Å². The van der Waals surface area contributed by atoms with E-state index in [-0.39, 0.29) is 10.8 Å². The Morgan fingerprint density at radius 1 is 1.07 bits per heavy atom. The van der Waals surface area contributed by atoms with Gasteiger partial charge in [-0.2, -0.15) is 4.58 Å². The molecule has 0 amide bonds. The maximum atomic E-state index is 4.79. The monoisotopic (exact) mass is 386 g/mol. The molecule has 1 aromatic heterocycles. The van der Waals surface area contributed by atoms with Crippen molar-refractivity contribution in [2.24, 2.45) is 5.92 Å². The van der Waals surface area contributed by atoms with Gasteiger partial charge in [-0.05, 0) is 51.5 Å². The SMILES string of the molecule is CC1CCC2(CC1)C(=CC1=[N+](C)c3ccccc3C1(C)C)N(C)c1ncccc12. The maximum absolute atomic E-state index is 4.79. The van der Waals surface area contributed by atoms with E-state index in [1.54, 1.807) is 0 Å². The standard InChI is InChI=1S/C26H32N3/c1-18-12-14-26(15-13-18)20-10-8-16-27-24(20)29(5)23(26)17-22-25(2,3)19-9-6-7-11-21(19)28(22)4/h6-11,16-18H,12-15H2,1-5H3/q+1. The van der Waals surface area contributed by atoms with E-state index in [1.807, 2.05) is 6.20 Å². The largest absolute Gasteiger partial charge is 0.332 e. The summed E-state index contributed by atoms with van der Waals surface area (Å²) >= 11 is 0. The number of hydrogen-bond donors (Lipinski definition) is 0. The fraction of sp³-hybridized carbons (Fsp3) is 0.462. The first-order valence-corrected chi connectivity index (χ1v) is 11.0. The number of hydrogen-bond acceptors (Lipinski definition) is 2. The van der Waals surface area contributed by atoms with Crippen molar-refractivity contribution in [2.75, 3.05) is 19.0 Å². The van der Waals surface area contributed by atoms with Gasteiger partial charge in [-0.3, -0.25) is 0 Å². The van der Waals surface area contributed by atoms with Crippen LogP contribution in [0, 0.1) is 5.92 Å². The molecule has 0 saturated heterocycles.